The highest BCUT2D eigenvalue weighted by Crippen LogP contribution is 2.42. The number of halogens is 2. The van der Waals surface area contributed by atoms with E-state index in [1.165, 1.54) is 38.7 Å². The number of nitrogens with zero attached hydrogens (tertiary/aromatic N) is 13. The number of anilines is 4. The van der Waals surface area contributed by atoms with E-state index in [1.54, 1.807) is 28.8 Å². The van der Waals surface area contributed by atoms with Crippen LogP contribution in [0.25, 0.3) is 11.4 Å². The Morgan fingerprint density at radius 3 is 1.54 bits per heavy atom. The molecule has 0 aliphatic carbocycles. The Labute approximate surface area is 468 Å². The SMILES string of the molecule is CC[C@@H]([C@H](C)O)n1ncn(-c2ccc(N3CCN(c4ccc(O[C@@H](C)[C@H](CC)n5ncn(-c6ccc(N7CCN(c8ccc(OC[C@@H]9CO[C@@](Cn%10cncn%10)(c%10ccc(F)cc%10F)C9)cc8)CC7)cc6)c5=O)cc4)CC3)cc2)c1=O. The molecule has 3 aromatic heterocycles. The number of piperazine rings is 2. The molecule has 1 N–H and O–H groups in total. The molecule has 3 saturated heterocycles. The lowest BCUT2D eigenvalue weighted by molar-refractivity contribution is -0.0206. The van der Waals surface area contributed by atoms with Crippen molar-refractivity contribution in [2.75, 3.05) is 85.2 Å². The molecule has 0 bridgehead atoms. The number of aromatic nitrogens is 9. The zero-order chi connectivity index (χ0) is 56.2. The third kappa shape index (κ3) is 11.7. The van der Waals surface area contributed by atoms with E-state index in [1.807, 2.05) is 81.4 Å². The van der Waals surface area contributed by atoms with Crippen LogP contribution >= 0.6 is 0 Å². The fraction of sp³-hybridized carbons (Fsp3) is 0.400. The summed E-state index contributed by atoms with van der Waals surface area (Å²) in [5.41, 5.74) is 4.59. The predicted octanol–water partition coefficient (Wildman–Crippen LogP) is 7.67. The van der Waals surface area contributed by atoms with E-state index in [2.05, 4.69) is 76.3 Å². The van der Waals surface area contributed by atoms with Gasteiger partial charge in [-0.1, -0.05) is 19.9 Å². The van der Waals surface area contributed by atoms with E-state index in [0.717, 1.165) is 104 Å². The molecule has 0 saturated carbocycles. The Kier molecular flexibility index (Phi) is 16.1. The normalized spacial score (nSPS) is 19.2. The van der Waals surface area contributed by atoms with Crippen LogP contribution in [0, 0.1) is 17.6 Å². The second-order valence-corrected chi connectivity index (χ2v) is 21.3. The summed E-state index contributed by atoms with van der Waals surface area (Å²) in [6.45, 7) is 15.2. The molecule has 3 aliphatic rings. The molecule has 6 heterocycles. The van der Waals surface area contributed by atoms with Crippen LogP contribution in [0.2, 0.25) is 0 Å². The predicted molar refractivity (Wildman–Crippen MR) is 305 cm³/mol. The van der Waals surface area contributed by atoms with Crippen LogP contribution in [-0.4, -0.2) is 126 Å². The van der Waals surface area contributed by atoms with Crippen molar-refractivity contribution in [3.8, 4) is 22.9 Å². The van der Waals surface area contributed by atoms with Crippen LogP contribution in [0.3, 0.4) is 0 Å². The van der Waals surface area contributed by atoms with Gasteiger partial charge in [0.15, 0.2) is 0 Å². The second kappa shape index (κ2) is 23.8. The molecule has 0 amide bonds. The summed E-state index contributed by atoms with van der Waals surface area (Å²) in [6, 6.07) is 35.1. The van der Waals surface area contributed by atoms with E-state index in [0.29, 0.717) is 32.5 Å². The number of aliphatic hydroxyl groups is 1. The molecule has 21 heteroatoms. The number of ether oxygens (including phenoxy) is 3. The Hall–Kier alpha value is -8.30. The van der Waals surface area contributed by atoms with Crippen molar-refractivity contribution >= 4 is 22.7 Å². The largest absolute Gasteiger partial charge is 0.493 e. The third-order valence-electron chi connectivity index (χ3n) is 16.2. The average Bonchev–Trinajstić information content (AvgIpc) is 4.47. The van der Waals surface area contributed by atoms with Gasteiger partial charge in [0.25, 0.3) is 0 Å². The number of benzene rings is 5. The van der Waals surface area contributed by atoms with Crippen LogP contribution in [0.5, 0.6) is 11.5 Å². The van der Waals surface area contributed by atoms with Crippen molar-refractivity contribution < 1.29 is 28.1 Å². The highest BCUT2D eigenvalue weighted by molar-refractivity contribution is 5.56. The highest BCUT2D eigenvalue weighted by atomic mass is 19.1. The smallest absolute Gasteiger partial charge is 0.350 e. The summed E-state index contributed by atoms with van der Waals surface area (Å²) in [5.74, 6) is 0.121. The average molecular weight is 1110 g/mol. The summed E-state index contributed by atoms with van der Waals surface area (Å²) in [7, 11) is 0. The minimum Gasteiger partial charge on any atom is -0.493 e. The fourth-order valence-electron chi connectivity index (χ4n) is 11.7. The summed E-state index contributed by atoms with van der Waals surface area (Å²) in [5, 5.41) is 23.2. The molecule has 19 nitrogen and oxygen atoms in total. The van der Waals surface area contributed by atoms with Gasteiger partial charge in [0.2, 0.25) is 0 Å². The molecule has 0 spiro atoms. The molecular weight excluding hydrogens is 1040 g/mol. The molecule has 424 valence electrons. The van der Waals surface area contributed by atoms with E-state index in [-0.39, 0.29) is 47.6 Å². The first-order chi connectivity index (χ1) is 39.4. The first-order valence-electron chi connectivity index (χ1n) is 28.0. The van der Waals surface area contributed by atoms with Crippen molar-refractivity contribution in [2.24, 2.45) is 5.92 Å². The Balaban J connectivity index is 0.632. The van der Waals surface area contributed by atoms with Gasteiger partial charge >= 0.3 is 11.4 Å². The van der Waals surface area contributed by atoms with E-state index in [4.69, 9.17) is 14.2 Å². The zero-order valence-corrected chi connectivity index (χ0v) is 46.1. The molecule has 5 aromatic carbocycles. The quantitative estimate of drug-likeness (QED) is 0.0789. The number of rotatable bonds is 20. The molecule has 8 aromatic rings. The molecular formula is C60H69F2N13O6. The maximum Gasteiger partial charge on any atom is 0.350 e. The highest BCUT2D eigenvalue weighted by Gasteiger charge is 2.45. The minimum absolute atomic E-state index is 0.0301. The standard InChI is InChI=1S/C60H69F2N13O6/c1-5-56(42(3)76)74-58(77)72(40-65-74)50-12-8-46(9-13-50)68-27-31-70(32-28-68)49-18-22-53(23-19-49)81-43(4)57(6-2)75-59(78)73(41-66-75)51-14-10-47(11-15-51)67-25-29-69(30-26-67)48-16-20-52(21-17-48)79-35-44-34-60(80-36-44,37-71-39-63-38-64-71)54-24-7-45(61)33-55(54)62/h7-24,33,38-44,56-57,76H,5-6,25-32,34-37H2,1-4H3/t42-,43-,44+,56-,57-,60-/m0/s1. The van der Waals surface area contributed by atoms with E-state index in [9.17, 15) is 19.1 Å². The van der Waals surface area contributed by atoms with Crippen molar-refractivity contribution in [1.29, 1.82) is 0 Å². The second-order valence-electron chi connectivity index (χ2n) is 21.3. The monoisotopic (exact) mass is 1110 g/mol. The van der Waals surface area contributed by atoms with Crippen molar-refractivity contribution in [2.45, 2.75) is 83.4 Å². The van der Waals surface area contributed by atoms with Crippen LogP contribution in [0.15, 0.2) is 150 Å². The van der Waals surface area contributed by atoms with Crippen molar-refractivity contribution in [3.63, 3.8) is 0 Å². The zero-order valence-electron chi connectivity index (χ0n) is 46.1. The van der Waals surface area contributed by atoms with Crippen LogP contribution < -0.4 is 40.5 Å². The summed E-state index contributed by atoms with van der Waals surface area (Å²) < 4.78 is 55.5. The van der Waals surface area contributed by atoms with Gasteiger partial charge in [-0.3, -0.25) is 0 Å². The molecule has 3 aliphatic heterocycles. The Morgan fingerprint density at radius 2 is 1.09 bits per heavy atom. The van der Waals surface area contributed by atoms with Crippen molar-refractivity contribution in [3.05, 3.63) is 179 Å². The van der Waals surface area contributed by atoms with Gasteiger partial charge in [0, 0.05) is 92.7 Å². The molecule has 81 heavy (non-hydrogen) atoms. The van der Waals surface area contributed by atoms with Crippen LogP contribution in [-0.2, 0) is 16.9 Å². The minimum atomic E-state index is -1.04. The lowest BCUT2D eigenvalue weighted by Gasteiger charge is -2.37. The molecule has 11 rings (SSSR count). The van der Waals surface area contributed by atoms with Crippen LogP contribution in [0.4, 0.5) is 31.5 Å². The first kappa shape index (κ1) is 54.6. The molecule has 3 fully saturated rings. The first-order valence-corrected chi connectivity index (χ1v) is 28.0. The lowest BCUT2D eigenvalue weighted by Crippen LogP contribution is -2.46. The maximum atomic E-state index is 15.1. The van der Waals surface area contributed by atoms with E-state index < -0.39 is 23.3 Å². The third-order valence-corrected chi connectivity index (χ3v) is 16.2. The van der Waals surface area contributed by atoms with Gasteiger partial charge in [-0.05, 0) is 136 Å². The molecule has 0 unspecified atom stereocenters. The number of hydrogen-bond acceptors (Lipinski definition) is 14. The van der Waals surface area contributed by atoms with Crippen LogP contribution in [0.1, 0.15) is 64.6 Å². The van der Waals surface area contributed by atoms with Gasteiger partial charge in [-0.2, -0.15) is 15.3 Å². The lowest BCUT2D eigenvalue weighted by atomic mass is 9.87. The maximum absolute atomic E-state index is 15.1. The van der Waals surface area contributed by atoms with E-state index >= 15 is 4.39 Å². The number of hydrogen-bond donors (Lipinski definition) is 1. The van der Waals surface area contributed by atoms with Crippen molar-refractivity contribution in [1.82, 2.24) is 43.5 Å². The number of aliphatic hydroxyl groups excluding tert-OH is 1. The van der Waals surface area contributed by atoms with Gasteiger partial charge in [0.05, 0.1) is 49.3 Å². The Bertz CT molecular complexity index is 3460. The fourth-order valence-corrected chi connectivity index (χ4v) is 11.7. The summed E-state index contributed by atoms with van der Waals surface area (Å²) in [4.78, 5) is 40.5. The topological polar surface area (TPSA) is 171 Å². The van der Waals surface area contributed by atoms with Gasteiger partial charge in [0.1, 0.15) is 60.1 Å². The van der Waals surface area contributed by atoms with Gasteiger partial charge in [-0.25, -0.2) is 46.5 Å². The summed E-state index contributed by atoms with van der Waals surface area (Å²) >= 11 is 0. The summed E-state index contributed by atoms with van der Waals surface area (Å²) in [6.07, 6.45) is 6.77. The van der Waals surface area contributed by atoms with Gasteiger partial charge in [-0.15, -0.1) is 0 Å². The Morgan fingerprint density at radius 1 is 0.617 bits per heavy atom. The van der Waals surface area contributed by atoms with Gasteiger partial charge < -0.3 is 38.9 Å². The molecule has 0 radical (unpaired) electrons. The molecule has 6 atom stereocenters.